The first-order valence-electron chi connectivity index (χ1n) is 8.00. The summed E-state index contributed by atoms with van der Waals surface area (Å²) in [7, 11) is 0. The van der Waals surface area contributed by atoms with Gasteiger partial charge in [0.05, 0.1) is 6.10 Å². The van der Waals surface area contributed by atoms with Crippen molar-refractivity contribution in [2.24, 2.45) is 0 Å². The van der Waals surface area contributed by atoms with Gasteiger partial charge in [-0.1, -0.05) is 6.07 Å². The zero-order valence-electron chi connectivity index (χ0n) is 12.9. The summed E-state index contributed by atoms with van der Waals surface area (Å²) in [5, 5.41) is 8.98. The molecule has 0 unspecified atom stereocenters. The molecule has 0 bridgehead atoms. The van der Waals surface area contributed by atoms with Crippen LogP contribution >= 0.6 is 0 Å². The minimum atomic E-state index is -0.990. The van der Waals surface area contributed by atoms with Crippen molar-refractivity contribution in [1.82, 2.24) is 4.90 Å². The van der Waals surface area contributed by atoms with Gasteiger partial charge in [-0.2, -0.15) is 0 Å². The second kappa shape index (κ2) is 7.00. The predicted octanol–water partition coefficient (Wildman–Crippen LogP) is 1.93. The van der Waals surface area contributed by atoms with Crippen LogP contribution in [0.15, 0.2) is 24.3 Å². The number of carboxylic acid groups (broad SMARTS) is 1. The van der Waals surface area contributed by atoms with Crippen molar-refractivity contribution in [3.8, 4) is 5.75 Å². The van der Waals surface area contributed by atoms with Crippen LogP contribution in [0.25, 0.3) is 0 Å². The fourth-order valence-electron chi connectivity index (χ4n) is 2.75. The Kier molecular flexibility index (Phi) is 4.81. The Labute approximate surface area is 135 Å². The highest BCUT2D eigenvalue weighted by Gasteiger charge is 2.34. The van der Waals surface area contributed by atoms with Crippen LogP contribution in [0.1, 0.15) is 36.0 Å². The van der Waals surface area contributed by atoms with Gasteiger partial charge in [-0.25, -0.2) is 0 Å². The largest absolute Gasteiger partial charge is 0.491 e. The van der Waals surface area contributed by atoms with Gasteiger partial charge in [-0.3, -0.25) is 9.59 Å². The molecule has 1 aliphatic carbocycles. The molecule has 1 heterocycles. The van der Waals surface area contributed by atoms with Crippen LogP contribution in [0, 0.1) is 0 Å². The number of aliphatic carboxylic acids is 1. The summed E-state index contributed by atoms with van der Waals surface area (Å²) < 4.78 is 11.2. The lowest BCUT2D eigenvalue weighted by Gasteiger charge is -2.20. The molecule has 1 saturated carbocycles. The minimum Gasteiger partial charge on any atom is -0.491 e. The van der Waals surface area contributed by atoms with Crippen molar-refractivity contribution in [1.29, 1.82) is 0 Å². The van der Waals surface area contributed by atoms with Crippen LogP contribution < -0.4 is 4.74 Å². The van der Waals surface area contributed by atoms with Crippen molar-refractivity contribution in [2.45, 2.75) is 37.8 Å². The van der Waals surface area contributed by atoms with Gasteiger partial charge in [0, 0.05) is 18.2 Å². The smallest absolute Gasteiger partial charge is 0.323 e. The molecule has 1 N–H and O–H groups in total. The van der Waals surface area contributed by atoms with E-state index in [9.17, 15) is 9.59 Å². The Balaban J connectivity index is 1.65. The van der Waals surface area contributed by atoms with Crippen LogP contribution in [-0.4, -0.2) is 53.8 Å². The molecular formula is C17H21NO5. The molecule has 1 saturated heterocycles. The summed E-state index contributed by atoms with van der Waals surface area (Å²) in [4.78, 5) is 25.0. The second-order valence-electron chi connectivity index (χ2n) is 6.03. The Morgan fingerprint density at radius 1 is 1.30 bits per heavy atom. The Bertz CT molecular complexity index is 578. The third-order valence-corrected chi connectivity index (χ3v) is 4.09. The van der Waals surface area contributed by atoms with Crippen molar-refractivity contribution < 1.29 is 24.2 Å². The van der Waals surface area contributed by atoms with Crippen LogP contribution in [0.4, 0.5) is 0 Å². The van der Waals surface area contributed by atoms with Crippen LogP contribution in [0.3, 0.4) is 0 Å². The highest BCUT2D eigenvalue weighted by Crippen LogP contribution is 2.28. The first-order chi connectivity index (χ1) is 11.1. The summed E-state index contributed by atoms with van der Waals surface area (Å²) in [5.41, 5.74) is 0.461. The molecule has 1 amide bonds. The molecule has 3 rings (SSSR count). The van der Waals surface area contributed by atoms with Gasteiger partial charge < -0.3 is 19.5 Å². The number of carbonyl (C=O) groups is 2. The van der Waals surface area contributed by atoms with Gasteiger partial charge in [0.15, 0.2) is 0 Å². The number of carboxylic acids is 1. The molecule has 0 radical (unpaired) electrons. The van der Waals surface area contributed by atoms with E-state index in [2.05, 4.69) is 0 Å². The highest BCUT2D eigenvalue weighted by atomic mass is 16.5. The molecule has 1 atom stereocenters. The SMILES string of the molecule is O=C(O)CN(C(=O)c1cccc(OC[C@H]2CCCO2)c1)C1CC1. The first-order valence-corrected chi connectivity index (χ1v) is 8.00. The lowest BCUT2D eigenvalue weighted by atomic mass is 10.2. The average molecular weight is 319 g/mol. The number of hydrogen-bond acceptors (Lipinski definition) is 4. The van der Waals surface area contributed by atoms with Crippen molar-refractivity contribution in [3.63, 3.8) is 0 Å². The Morgan fingerprint density at radius 2 is 2.13 bits per heavy atom. The quantitative estimate of drug-likeness (QED) is 0.831. The van der Waals surface area contributed by atoms with E-state index in [1.54, 1.807) is 24.3 Å². The standard InChI is InChI=1S/C17H21NO5/c19-16(20)10-18(13-6-7-13)17(21)12-3-1-4-14(9-12)23-11-15-5-2-8-22-15/h1,3-4,9,13,15H,2,5-8,10-11H2,(H,19,20)/t15-/m1/s1. The fourth-order valence-corrected chi connectivity index (χ4v) is 2.75. The van der Waals surface area contributed by atoms with E-state index < -0.39 is 5.97 Å². The molecule has 1 aliphatic heterocycles. The molecule has 2 aliphatic rings. The van der Waals surface area contributed by atoms with Crippen molar-refractivity contribution >= 4 is 11.9 Å². The minimum absolute atomic E-state index is 0.0510. The highest BCUT2D eigenvalue weighted by molar-refractivity contribution is 5.96. The molecular weight excluding hydrogens is 298 g/mol. The van der Waals surface area contributed by atoms with E-state index >= 15 is 0 Å². The van der Waals surface area contributed by atoms with E-state index in [0.717, 1.165) is 32.3 Å². The maximum absolute atomic E-state index is 12.6. The molecule has 0 spiro atoms. The number of benzene rings is 1. The summed E-state index contributed by atoms with van der Waals surface area (Å²) in [6, 6.07) is 6.97. The van der Waals surface area contributed by atoms with E-state index in [1.165, 1.54) is 4.90 Å². The van der Waals surface area contributed by atoms with Gasteiger partial charge in [-0.05, 0) is 43.9 Å². The second-order valence-corrected chi connectivity index (χ2v) is 6.03. The number of hydrogen-bond donors (Lipinski definition) is 1. The summed E-state index contributed by atoms with van der Waals surface area (Å²) in [5.74, 6) is -0.633. The van der Waals surface area contributed by atoms with E-state index in [-0.39, 0.29) is 24.6 Å². The van der Waals surface area contributed by atoms with Gasteiger partial charge in [-0.15, -0.1) is 0 Å². The number of ether oxygens (including phenoxy) is 2. The van der Waals surface area contributed by atoms with Gasteiger partial charge in [0.2, 0.25) is 0 Å². The average Bonchev–Trinajstić information content (AvgIpc) is 3.25. The normalized spacial score (nSPS) is 20.3. The van der Waals surface area contributed by atoms with E-state index in [4.69, 9.17) is 14.6 Å². The molecule has 2 fully saturated rings. The summed E-state index contributed by atoms with van der Waals surface area (Å²) in [6.07, 6.45) is 3.90. The molecule has 6 nitrogen and oxygen atoms in total. The molecule has 124 valence electrons. The lowest BCUT2D eigenvalue weighted by Crippen LogP contribution is -2.37. The summed E-state index contributed by atoms with van der Waals surface area (Å²) in [6.45, 7) is 0.988. The van der Waals surface area contributed by atoms with E-state index in [0.29, 0.717) is 17.9 Å². The molecule has 1 aromatic rings. The topological polar surface area (TPSA) is 76.1 Å². The molecule has 0 aromatic heterocycles. The third kappa shape index (κ3) is 4.22. The predicted molar refractivity (Wildman–Crippen MR) is 82.6 cm³/mol. The first kappa shape index (κ1) is 15.8. The van der Waals surface area contributed by atoms with Gasteiger partial charge in [0.1, 0.15) is 18.9 Å². The third-order valence-electron chi connectivity index (χ3n) is 4.09. The molecule has 23 heavy (non-hydrogen) atoms. The van der Waals surface area contributed by atoms with E-state index in [1.807, 2.05) is 0 Å². The zero-order valence-corrected chi connectivity index (χ0v) is 12.9. The van der Waals surface area contributed by atoms with Gasteiger partial charge >= 0.3 is 5.97 Å². The maximum atomic E-state index is 12.6. The number of carbonyl (C=O) groups excluding carboxylic acids is 1. The van der Waals surface area contributed by atoms with Gasteiger partial charge in [0.25, 0.3) is 5.91 Å². The monoisotopic (exact) mass is 319 g/mol. The number of nitrogens with zero attached hydrogens (tertiary/aromatic N) is 1. The van der Waals surface area contributed by atoms with Crippen LogP contribution in [0.5, 0.6) is 5.75 Å². The maximum Gasteiger partial charge on any atom is 0.323 e. The lowest BCUT2D eigenvalue weighted by molar-refractivity contribution is -0.137. The number of amides is 1. The molecule has 6 heteroatoms. The van der Waals surface area contributed by atoms with Crippen molar-refractivity contribution in [3.05, 3.63) is 29.8 Å². The molecule has 1 aromatic carbocycles. The van der Waals surface area contributed by atoms with Crippen molar-refractivity contribution in [2.75, 3.05) is 19.8 Å². The summed E-state index contributed by atoms with van der Waals surface area (Å²) >= 11 is 0. The van der Waals surface area contributed by atoms with Crippen LogP contribution in [0.2, 0.25) is 0 Å². The van der Waals surface area contributed by atoms with Crippen LogP contribution in [-0.2, 0) is 9.53 Å². The fraction of sp³-hybridized carbons (Fsp3) is 0.529. The number of rotatable bonds is 7. The Morgan fingerprint density at radius 3 is 2.78 bits per heavy atom. The zero-order chi connectivity index (χ0) is 16.2. The Hall–Kier alpha value is -2.08.